The zero-order chi connectivity index (χ0) is 13.1. The van der Waals surface area contributed by atoms with Crippen molar-refractivity contribution in [2.24, 2.45) is 7.05 Å². The van der Waals surface area contributed by atoms with Gasteiger partial charge in [-0.3, -0.25) is 4.79 Å². The van der Waals surface area contributed by atoms with Crippen LogP contribution in [0.15, 0.2) is 34.9 Å². The molecule has 0 amide bonds. The number of aromatic nitrogens is 2. The molecule has 0 unspecified atom stereocenters. The van der Waals surface area contributed by atoms with Gasteiger partial charge in [-0.1, -0.05) is 30.3 Å². The summed E-state index contributed by atoms with van der Waals surface area (Å²) in [6, 6.07) is 9.89. The molecule has 2 aromatic rings. The van der Waals surface area contributed by atoms with Crippen LogP contribution in [0.1, 0.15) is 12.2 Å². The zero-order valence-corrected chi connectivity index (χ0v) is 11.5. The fraction of sp³-hybridized carbons (Fsp3) is 0.231. The van der Waals surface area contributed by atoms with Crippen LogP contribution in [0.2, 0.25) is 0 Å². The molecule has 0 saturated carbocycles. The molecule has 0 aliphatic rings. The Morgan fingerprint density at radius 1 is 1.39 bits per heavy atom. The number of hydrogen-bond donors (Lipinski definition) is 1. The van der Waals surface area contributed by atoms with E-state index < -0.39 is 5.97 Å². The Morgan fingerprint density at radius 2 is 2.06 bits per heavy atom. The van der Waals surface area contributed by atoms with Gasteiger partial charge in [0.2, 0.25) is 0 Å². The number of aryl methyl sites for hydroxylation is 1. The van der Waals surface area contributed by atoms with Crippen molar-refractivity contribution in [2.45, 2.75) is 12.8 Å². The number of imidazole rings is 1. The first-order chi connectivity index (χ1) is 8.59. The van der Waals surface area contributed by atoms with Crippen molar-refractivity contribution in [2.75, 3.05) is 0 Å². The lowest BCUT2D eigenvalue weighted by atomic mass is 10.2. The topological polar surface area (TPSA) is 55.1 Å². The number of carboxylic acid groups (broad SMARTS) is 1. The maximum Gasteiger partial charge on any atom is 0.303 e. The number of carboxylic acids is 1. The summed E-state index contributed by atoms with van der Waals surface area (Å²) in [5.41, 5.74) is 2.02. The van der Waals surface area contributed by atoms with E-state index in [1.54, 1.807) is 0 Å². The van der Waals surface area contributed by atoms with Crippen LogP contribution in [0.3, 0.4) is 0 Å². The van der Waals surface area contributed by atoms with Gasteiger partial charge >= 0.3 is 5.97 Å². The smallest absolute Gasteiger partial charge is 0.303 e. The summed E-state index contributed by atoms with van der Waals surface area (Å²) >= 11 is 3.43. The van der Waals surface area contributed by atoms with Crippen molar-refractivity contribution in [3.63, 3.8) is 0 Å². The molecule has 0 atom stereocenters. The fourth-order valence-electron chi connectivity index (χ4n) is 1.86. The van der Waals surface area contributed by atoms with E-state index in [-0.39, 0.29) is 6.42 Å². The van der Waals surface area contributed by atoms with Gasteiger partial charge in [-0.25, -0.2) is 4.98 Å². The lowest BCUT2D eigenvalue weighted by Gasteiger charge is -2.05. The van der Waals surface area contributed by atoms with Crippen LogP contribution >= 0.6 is 15.9 Å². The second-order valence-electron chi connectivity index (χ2n) is 3.99. The van der Waals surface area contributed by atoms with Gasteiger partial charge in [-0.2, -0.15) is 0 Å². The Kier molecular flexibility index (Phi) is 3.81. The van der Waals surface area contributed by atoms with Crippen molar-refractivity contribution < 1.29 is 9.90 Å². The molecule has 2 rings (SSSR count). The van der Waals surface area contributed by atoms with Gasteiger partial charge in [0.25, 0.3) is 0 Å². The maximum atomic E-state index is 10.6. The van der Waals surface area contributed by atoms with E-state index in [9.17, 15) is 4.79 Å². The van der Waals surface area contributed by atoms with E-state index in [1.807, 2.05) is 41.9 Å². The quantitative estimate of drug-likeness (QED) is 0.945. The molecule has 0 aliphatic heterocycles. The minimum absolute atomic E-state index is 0.0888. The molecular formula is C13H13BrN2O2. The second kappa shape index (κ2) is 5.35. The van der Waals surface area contributed by atoms with Gasteiger partial charge in [-0.05, 0) is 15.9 Å². The normalized spacial score (nSPS) is 10.6. The van der Waals surface area contributed by atoms with Crippen LogP contribution in [-0.4, -0.2) is 20.6 Å². The summed E-state index contributed by atoms with van der Waals surface area (Å²) < 4.78 is 2.68. The lowest BCUT2D eigenvalue weighted by Crippen LogP contribution is -2.04. The van der Waals surface area contributed by atoms with E-state index in [0.717, 1.165) is 21.7 Å². The van der Waals surface area contributed by atoms with Gasteiger partial charge in [0.05, 0.1) is 12.1 Å². The number of benzene rings is 1. The average molecular weight is 309 g/mol. The molecule has 4 nitrogen and oxygen atoms in total. The Balaban J connectivity index is 2.35. The van der Waals surface area contributed by atoms with Crippen LogP contribution < -0.4 is 0 Å². The third kappa shape index (κ3) is 2.61. The fourth-order valence-corrected chi connectivity index (χ4v) is 2.56. The molecule has 1 aromatic heterocycles. The summed E-state index contributed by atoms with van der Waals surface area (Å²) in [5.74, 6) is -0.0430. The molecule has 0 saturated heterocycles. The monoisotopic (exact) mass is 308 g/mol. The zero-order valence-electron chi connectivity index (χ0n) is 9.93. The third-order valence-electron chi connectivity index (χ3n) is 2.75. The largest absolute Gasteiger partial charge is 0.481 e. The Labute approximate surface area is 113 Å². The molecule has 0 aliphatic carbocycles. The predicted octanol–water partition coefficient (Wildman–Crippen LogP) is 2.87. The summed E-state index contributed by atoms with van der Waals surface area (Å²) in [7, 11) is 1.90. The number of aliphatic carboxylic acids is 1. The number of halogens is 1. The predicted molar refractivity (Wildman–Crippen MR) is 72.3 cm³/mol. The lowest BCUT2D eigenvalue weighted by molar-refractivity contribution is -0.137. The highest BCUT2D eigenvalue weighted by Gasteiger charge is 2.14. The Hall–Kier alpha value is -1.62. The van der Waals surface area contributed by atoms with Crippen LogP contribution in [0.25, 0.3) is 11.3 Å². The summed E-state index contributed by atoms with van der Waals surface area (Å²) in [6.45, 7) is 0. The average Bonchev–Trinajstić information content (AvgIpc) is 2.63. The van der Waals surface area contributed by atoms with Crippen molar-refractivity contribution in [1.82, 2.24) is 9.55 Å². The minimum atomic E-state index is -0.810. The molecule has 1 heterocycles. The standard InChI is InChI=1S/C13H13BrN2O2/c1-16-10(7-8-11(17)18)15-13(14)12(16)9-5-3-2-4-6-9/h2-6H,7-8H2,1H3,(H,17,18). The van der Waals surface area contributed by atoms with E-state index in [2.05, 4.69) is 20.9 Å². The van der Waals surface area contributed by atoms with Crippen molar-refractivity contribution in [3.05, 3.63) is 40.8 Å². The minimum Gasteiger partial charge on any atom is -0.481 e. The Morgan fingerprint density at radius 3 is 2.67 bits per heavy atom. The third-order valence-corrected chi connectivity index (χ3v) is 3.31. The Bertz CT molecular complexity index is 564. The van der Waals surface area contributed by atoms with Crippen LogP contribution in [0.4, 0.5) is 0 Å². The molecule has 18 heavy (non-hydrogen) atoms. The molecule has 1 aromatic carbocycles. The maximum absolute atomic E-state index is 10.6. The van der Waals surface area contributed by atoms with Crippen LogP contribution in [0.5, 0.6) is 0 Å². The highest BCUT2D eigenvalue weighted by Crippen LogP contribution is 2.28. The number of rotatable bonds is 4. The number of hydrogen-bond acceptors (Lipinski definition) is 2. The first-order valence-electron chi connectivity index (χ1n) is 5.58. The van der Waals surface area contributed by atoms with Gasteiger partial charge in [0, 0.05) is 19.0 Å². The first-order valence-corrected chi connectivity index (χ1v) is 6.37. The molecule has 0 spiro atoms. The van der Waals surface area contributed by atoms with Crippen molar-refractivity contribution >= 4 is 21.9 Å². The van der Waals surface area contributed by atoms with Crippen molar-refractivity contribution in [3.8, 4) is 11.3 Å². The van der Waals surface area contributed by atoms with E-state index in [4.69, 9.17) is 5.11 Å². The molecule has 0 fully saturated rings. The van der Waals surface area contributed by atoms with E-state index >= 15 is 0 Å². The van der Waals surface area contributed by atoms with Gasteiger partial charge in [0.1, 0.15) is 10.4 Å². The number of carbonyl (C=O) groups is 1. The van der Waals surface area contributed by atoms with E-state index in [1.165, 1.54) is 0 Å². The van der Waals surface area contributed by atoms with Gasteiger partial charge in [0.15, 0.2) is 0 Å². The van der Waals surface area contributed by atoms with Crippen LogP contribution in [0, 0.1) is 0 Å². The molecule has 94 valence electrons. The van der Waals surface area contributed by atoms with Crippen LogP contribution in [-0.2, 0) is 18.3 Å². The molecular weight excluding hydrogens is 296 g/mol. The summed E-state index contributed by atoms with van der Waals surface area (Å²) in [5, 5.41) is 8.71. The number of nitrogens with zero attached hydrogens (tertiary/aromatic N) is 2. The first kappa shape index (κ1) is 12.8. The van der Waals surface area contributed by atoms with Crippen molar-refractivity contribution in [1.29, 1.82) is 0 Å². The molecule has 0 radical (unpaired) electrons. The van der Waals surface area contributed by atoms with Gasteiger partial charge < -0.3 is 9.67 Å². The summed E-state index contributed by atoms with van der Waals surface area (Å²) in [4.78, 5) is 15.0. The molecule has 1 N–H and O–H groups in total. The van der Waals surface area contributed by atoms with E-state index in [0.29, 0.717) is 6.42 Å². The summed E-state index contributed by atoms with van der Waals surface area (Å²) in [6.07, 6.45) is 0.517. The molecule has 0 bridgehead atoms. The highest BCUT2D eigenvalue weighted by atomic mass is 79.9. The second-order valence-corrected chi connectivity index (χ2v) is 4.74. The molecule has 5 heteroatoms. The van der Waals surface area contributed by atoms with Gasteiger partial charge in [-0.15, -0.1) is 0 Å². The highest BCUT2D eigenvalue weighted by molar-refractivity contribution is 9.10. The SMILES string of the molecule is Cn1c(CCC(=O)O)nc(Br)c1-c1ccccc1.